The number of amides is 1. The summed E-state index contributed by atoms with van der Waals surface area (Å²) >= 11 is 5.88. The van der Waals surface area contributed by atoms with Crippen molar-refractivity contribution in [3.05, 3.63) is 34.9 Å². The lowest BCUT2D eigenvalue weighted by molar-refractivity contribution is 0.0660. The molecule has 3 heteroatoms. The first-order valence-corrected chi connectivity index (χ1v) is 6.24. The zero-order chi connectivity index (χ0) is 13.2. The number of nitrogens with zero attached hydrogens (tertiary/aromatic N) is 1. The molecular formula is C14H20ClNO. The molecule has 0 aliphatic rings. The quantitative estimate of drug-likeness (QED) is 0.757. The van der Waals surface area contributed by atoms with E-state index in [-0.39, 0.29) is 11.4 Å². The molecule has 0 bridgehead atoms. The van der Waals surface area contributed by atoms with Crippen LogP contribution in [0.1, 0.15) is 35.3 Å². The van der Waals surface area contributed by atoms with E-state index >= 15 is 0 Å². The van der Waals surface area contributed by atoms with Gasteiger partial charge in [0.15, 0.2) is 0 Å². The lowest BCUT2D eigenvalue weighted by atomic mass is 10.0. The van der Waals surface area contributed by atoms with Crippen molar-refractivity contribution in [2.75, 3.05) is 12.9 Å². The van der Waals surface area contributed by atoms with Crippen LogP contribution in [0.25, 0.3) is 0 Å². The van der Waals surface area contributed by atoms with Crippen molar-refractivity contribution < 1.29 is 4.79 Å². The Kier molecular flexibility index (Phi) is 4.21. The number of benzene rings is 1. The number of hydrogen-bond acceptors (Lipinski definition) is 1. The zero-order valence-electron chi connectivity index (χ0n) is 11.2. The van der Waals surface area contributed by atoms with Gasteiger partial charge in [-0.2, -0.15) is 0 Å². The van der Waals surface area contributed by atoms with Crippen molar-refractivity contribution in [2.24, 2.45) is 0 Å². The van der Waals surface area contributed by atoms with Crippen LogP contribution in [0.3, 0.4) is 0 Å². The molecule has 94 valence electrons. The van der Waals surface area contributed by atoms with Crippen LogP contribution in [0.4, 0.5) is 0 Å². The van der Waals surface area contributed by atoms with Crippen LogP contribution in [0, 0.1) is 13.8 Å². The lowest BCUT2D eigenvalue weighted by Gasteiger charge is -2.34. The standard InChI is InChI=1S/C14H20ClNO/c1-10-6-7-12(8-11(10)2)13(17)16(5)14(3,4)9-15/h6-8H,9H2,1-5H3. The molecule has 1 aromatic carbocycles. The Balaban J connectivity index is 3.01. The van der Waals surface area contributed by atoms with Gasteiger partial charge in [0.25, 0.3) is 5.91 Å². The predicted octanol–water partition coefficient (Wildman–Crippen LogP) is 3.39. The Bertz CT molecular complexity index is 426. The van der Waals surface area contributed by atoms with Crippen molar-refractivity contribution in [1.29, 1.82) is 0 Å². The minimum Gasteiger partial charge on any atom is -0.335 e. The molecule has 0 radical (unpaired) electrons. The molecule has 0 saturated carbocycles. The molecule has 0 fully saturated rings. The van der Waals surface area contributed by atoms with Gasteiger partial charge < -0.3 is 4.90 Å². The number of carbonyl (C=O) groups excluding carboxylic acids is 1. The fraction of sp³-hybridized carbons (Fsp3) is 0.500. The molecule has 2 nitrogen and oxygen atoms in total. The second kappa shape index (κ2) is 5.09. The zero-order valence-corrected chi connectivity index (χ0v) is 11.9. The van der Waals surface area contributed by atoms with Crippen molar-refractivity contribution >= 4 is 17.5 Å². The Morgan fingerprint density at radius 1 is 1.29 bits per heavy atom. The smallest absolute Gasteiger partial charge is 0.254 e. The molecule has 1 amide bonds. The summed E-state index contributed by atoms with van der Waals surface area (Å²) in [6.07, 6.45) is 0. The number of halogens is 1. The minimum atomic E-state index is -0.336. The summed E-state index contributed by atoms with van der Waals surface area (Å²) in [5.41, 5.74) is 2.71. The molecule has 0 unspecified atom stereocenters. The fourth-order valence-electron chi connectivity index (χ4n) is 1.43. The number of alkyl halides is 1. The SMILES string of the molecule is Cc1ccc(C(=O)N(C)C(C)(C)CCl)cc1C. The Morgan fingerprint density at radius 3 is 2.35 bits per heavy atom. The summed E-state index contributed by atoms with van der Waals surface area (Å²) in [4.78, 5) is 14.0. The van der Waals surface area contributed by atoms with Crippen molar-refractivity contribution in [3.8, 4) is 0 Å². The Morgan fingerprint density at radius 2 is 1.88 bits per heavy atom. The molecule has 17 heavy (non-hydrogen) atoms. The van der Waals surface area contributed by atoms with Crippen LogP contribution in [-0.4, -0.2) is 29.3 Å². The number of aryl methyl sites for hydroxylation is 2. The highest BCUT2D eigenvalue weighted by Crippen LogP contribution is 2.19. The van der Waals surface area contributed by atoms with Crippen LogP contribution in [0.15, 0.2) is 18.2 Å². The van der Waals surface area contributed by atoms with E-state index in [2.05, 4.69) is 0 Å². The van der Waals surface area contributed by atoms with Crippen molar-refractivity contribution in [1.82, 2.24) is 4.90 Å². The van der Waals surface area contributed by atoms with Crippen LogP contribution < -0.4 is 0 Å². The monoisotopic (exact) mass is 253 g/mol. The first-order chi connectivity index (χ1) is 7.79. The van der Waals surface area contributed by atoms with Crippen molar-refractivity contribution in [2.45, 2.75) is 33.2 Å². The molecule has 0 aliphatic carbocycles. The van der Waals surface area contributed by atoms with E-state index in [0.29, 0.717) is 11.4 Å². The third-order valence-electron chi connectivity index (χ3n) is 3.29. The van der Waals surface area contributed by atoms with Crippen LogP contribution in [0.2, 0.25) is 0 Å². The van der Waals surface area contributed by atoms with Crippen LogP contribution in [0.5, 0.6) is 0 Å². The highest BCUT2D eigenvalue weighted by Gasteiger charge is 2.27. The van der Waals surface area contributed by atoms with Gasteiger partial charge >= 0.3 is 0 Å². The van der Waals surface area contributed by atoms with Gasteiger partial charge in [0.2, 0.25) is 0 Å². The average molecular weight is 254 g/mol. The topological polar surface area (TPSA) is 20.3 Å². The van der Waals surface area contributed by atoms with Gasteiger partial charge in [-0.05, 0) is 51.0 Å². The fourth-order valence-corrected chi connectivity index (χ4v) is 1.61. The molecule has 0 saturated heterocycles. The first-order valence-electron chi connectivity index (χ1n) is 5.71. The lowest BCUT2D eigenvalue weighted by Crippen LogP contribution is -2.46. The second-order valence-electron chi connectivity index (χ2n) is 5.11. The highest BCUT2D eigenvalue weighted by atomic mass is 35.5. The molecule has 1 aromatic rings. The Hall–Kier alpha value is -1.02. The number of carbonyl (C=O) groups is 1. The van der Waals surface area contributed by atoms with Gasteiger partial charge in [0.1, 0.15) is 0 Å². The summed E-state index contributed by atoms with van der Waals surface area (Å²) in [5.74, 6) is 0.429. The van der Waals surface area contributed by atoms with Gasteiger partial charge in [-0.15, -0.1) is 11.6 Å². The van der Waals surface area contributed by atoms with Crippen molar-refractivity contribution in [3.63, 3.8) is 0 Å². The predicted molar refractivity (Wildman–Crippen MR) is 72.8 cm³/mol. The summed E-state index contributed by atoms with van der Waals surface area (Å²) in [7, 11) is 1.79. The molecule has 1 rings (SSSR count). The summed E-state index contributed by atoms with van der Waals surface area (Å²) in [6.45, 7) is 7.96. The number of rotatable bonds is 3. The van der Waals surface area contributed by atoms with E-state index < -0.39 is 0 Å². The van der Waals surface area contributed by atoms with Crippen LogP contribution >= 0.6 is 11.6 Å². The molecule has 0 N–H and O–H groups in total. The van der Waals surface area contributed by atoms with Gasteiger partial charge in [0, 0.05) is 18.5 Å². The largest absolute Gasteiger partial charge is 0.335 e. The first kappa shape index (κ1) is 14.0. The maximum absolute atomic E-state index is 12.3. The van der Waals surface area contributed by atoms with E-state index in [0.717, 1.165) is 5.56 Å². The summed E-state index contributed by atoms with van der Waals surface area (Å²) in [6, 6.07) is 5.77. The summed E-state index contributed by atoms with van der Waals surface area (Å²) in [5, 5.41) is 0. The van der Waals surface area contributed by atoms with Gasteiger partial charge in [-0.3, -0.25) is 4.79 Å². The second-order valence-corrected chi connectivity index (χ2v) is 5.38. The third-order valence-corrected chi connectivity index (χ3v) is 3.95. The third kappa shape index (κ3) is 3.01. The van der Waals surface area contributed by atoms with Gasteiger partial charge in [-0.25, -0.2) is 0 Å². The van der Waals surface area contributed by atoms with E-state index in [1.54, 1.807) is 11.9 Å². The molecule has 0 heterocycles. The van der Waals surface area contributed by atoms with Crippen LogP contribution in [-0.2, 0) is 0 Å². The number of hydrogen-bond donors (Lipinski definition) is 0. The minimum absolute atomic E-state index is 0.0127. The van der Waals surface area contributed by atoms with E-state index in [1.807, 2.05) is 45.9 Å². The van der Waals surface area contributed by atoms with E-state index in [4.69, 9.17) is 11.6 Å². The molecule has 0 aliphatic heterocycles. The average Bonchev–Trinajstić information content (AvgIpc) is 2.30. The molecular weight excluding hydrogens is 234 g/mol. The van der Waals surface area contributed by atoms with Gasteiger partial charge in [-0.1, -0.05) is 6.07 Å². The summed E-state index contributed by atoms with van der Waals surface area (Å²) < 4.78 is 0. The highest BCUT2D eigenvalue weighted by molar-refractivity contribution is 6.18. The Labute approximate surface area is 109 Å². The maximum Gasteiger partial charge on any atom is 0.254 e. The maximum atomic E-state index is 12.3. The molecule has 0 atom stereocenters. The normalized spacial score (nSPS) is 11.4. The van der Waals surface area contributed by atoms with E-state index in [9.17, 15) is 4.79 Å². The van der Waals surface area contributed by atoms with Gasteiger partial charge in [0.05, 0.1) is 5.54 Å². The molecule has 0 aromatic heterocycles. The molecule has 0 spiro atoms. The van der Waals surface area contributed by atoms with E-state index in [1.165, 1.54) is 5.56 Å².